The topological polar surface area (TPSA) is 182 Å². The minimum atomic E-state index is -0.843. The number of carbonyl (C=O) groups excluding carboxylic acids is 4. The second-order valence-corrected chi connectivity index (χ2v) is 17.8. The van der Waals surface area contributed by atoms with Crippen LogP contribution in [0.25, 0.3) is 33.6 Å². The summed E-state index contributed by atoms with van der Waals surface area (Å²) in [5, 5.41) is 6.02. The number of pyridine rings is 2. The van der Waals surface area contributed by atoms with Gasteiger partial charge >= 0.3 is 0 Å². The van der Waals surface area contributed by atoms with E-state index in [1.54, 1.807) is 36.9 Å². The fourth-order valence-electron chi connectivity index (χ4n) is 9.62. The molecule has 0 bridgehead atoms. The number of nitrogens with one attached hydrogen (secondary N) is 4. The van der Waals surface area contributed by atoms with Gasteiger partial charge in [-0.05, 0) is 82.3 Å². The first-order valence-electron chi connectivity index (χ1n) is 23.7. The molecule has 4 aromatic carbocycles. The molecule has 2 unspecified atom stereocenters. The molecular weight excluding hydrogens is 877 g/mol. The van der Waals surface area contributed by atoms with Crippen LogP contribution in [0.2, 0.25) is 0 Å². The second kappa shape index (κ2) is 20.8. The molecule has 6 heterocycles. The maximum Gasteiger partial charge on any atom is 0.250 e. The zero-order valence-electron chi connectivity index (χ0n) is 38.4. The number of aromatic amines is 2. The van der Waals surface area contributed by atoms with E-state index in [2.05, 4.69) is 79.1 Å². The summed E-state index contributed by atoms with van der Waals surface area (Å²) >= 11 is 0. The zero-order valence-corrected chi connectivity index (χ0v) is 38.4. The Labute approximate surface area is 405 Å². The molecule has 4 atom stereocenters. The molecule has 2 aliphatic heterocycles. The predicted molar refractivity (Wildman–Crippen MR) is 265 cm³/mol. The molecule has 4 N–H and O–H groups in total. The molecule has 70 heavy (non-hydrogen) atoms. The molecular formula is C56H52N10O4. The molecule has 14 nitrogen and oxygen atoms in total. The van der Waals surface area contributed by atoms with Gasteiger partial charge in [-0.15, -0.1) is 0 Å². The number of benzene rings is 4. The highest BCUT2D eigenvalue weighted by molar-refractivity contribution is 5.91. The van der Waals surface area contributed by atoms with Crippen LogP contribution < -0.4 is 10.6 Å². The maximum atomic E-state index is 14.3. The summed E-state index contributed by atoms with van der Waals surface area (Å²) in [4.78, 5) is 83.6. The van der Waals surface area contributed by atoms with Crippen LogP contribution in [0.1, 0.15) is 83.8 Å². The van der Waals surface area contributed by atoms with Crippen LogP contribution in [0.15, 0.2) is 171 Å². The standard InChI is InChI=1S/C56H52N10O4/c67-49(31-37-11-7-27-57-33-37)63-51(43-13-3-1-4-14-43)55(69)65-29-9-17-47(65)53-59-35-45(61-53)41-23-19-39(20-24-41)40-21-25-42(26-22-40)46-36-60-54(62-46)48-18-10-30-66(48)56(70)52(44-15-5-2-6-16-44)64-50(68)32-38-12-8-28-58-34-38/h1-8,11-16,19-28,33-36,47-48,51-52H,9-10,17-18,29-32H2,(H,59,61)(H,60,62)(H,63,67)(H,64,68)/t47?,48?,51-,52-/m1/s1. The van der Waals surface area contributed by atoms with Gasteiger partial charge < -0.3 is 30.4 Å². The highest BCUT2D eigenvalue weighted by Crippen LogP contribution is 2.36. The van der Waals surface area contributed by atoms with Crippen LogP contribution in [-0.4, -0.2) is 76.4 Å². The Bertz CT molecular complexity index is 2850. The fourth-order valence-corrected chi connectivity index (χ4v) is 9.62. The van der Waals surface area contributed by atoms with E-state index in [-0.39, 0.29) is 48.6 Å². The Kier molecular flexibility index (Phi) is 13.4. The molecule has 4 aromatic heterocycles. The number of carbonyl (C=O) groups is 4. The van der Waals surface area contributed by atoms with Crippen LogP contribution in [0.3, 0.4) is 0 Å². The summed E-state index contributed by atoms with van der Waals surface area (Å²) in [7, 11) is 0. The van der Waals surface area contributed by atoms with Crippen molar-refractivity contribution in [3.05, 3.63) is 205 Å². The van der Waals surface area contributed by atoms with Gasteiger partial charge in [-0.1, -0.05) is 121 Å². The van der Waals surface area contributed by atoms with Gasteiger partial charge in [-0.3, -0.25) is 29.1 Å². The molecule has 2 aliphatic rings. The first kappa shape index (κ1) is 45.3. The number of hydrogen-bond donors (Lipinski definition) is 4. The average molecular weight is 929 g/mol. The molecule has 0 aliphatic carbocycles. The highest BCUT2D eigenvalue weighted by Gasteiger charge is 2.38. The second-order valence-electron chi connectivity index (χ2n) is 17.8. The monoisotopic (exact) mass is 928 g/mol. The minimum Gasteiger partial charge on any atom is -0.340 e. The predicted octanol–water partition coefficient (Wildman–Crippen LogP) is 8.45. The van der Waals surface area contributed by atoms with Crippen LogP contribution >= 0.6 is 0 Å². The third-order valence-electron chi connectivity index (χ3n) is 13.2. The van der Waals surface area contributed by atoms with Crippen molar-refractivity contribution in [2.75, 3.05) is 13.1 Å². The van der Waals surface area contributed by atoms with Gasteiger partial charge in [-0.25, -0.2) is 9.97 Å². The maximum absolute atomic E-state index is 14.3. The lowest BCUT2D eigenvalue weighted by Gasteiger charge is -2.28. The summed E-state index contributed by atoms with van der Waals surface area (Å²) in [5.74, 6) is 0.570. The molecule has 14 heteroatoms. The Morgan fingerprint density at radius 2 is 0.900 bits per heavy atom. The van der Waals surface area contributed by atoms with Crippen molar-refractivity contribution < 1.29 is 19.2 Å². The van der Waals surface area contributed by atoms with Crippen LogP contribution in [0.5, 0.6) is 0 Å². The van der Waals surface area contributed by atoms with Gasteiger partial charge in [0.2, 0.25) is 23.6 Å². The van der Waals surface area contributed by atoms with Crippen molar-refractivity contribution in [3.8, 4) is 33.6 Å². The Morgan fingerprint density at radius 3 is 1.29 bits per heavy atom. The van der Waals surface area contributed by atoms with E-state index in [1.165, 1.54) is 0 Å². The van der Waals surface area contributed by atoms with E-state index in [1.807, 2.05) is 95.0 Å². The molecule has 2 saturated heterocycles. The molecule has 0 saturated carbocycles. The van der Waals surface area contributed by atoms with Crippen molar-refractivity contribution in [2.45, 2.75) is 62.7 Å². The fraction of sp³-hybridized carbons (Fsp3) is 0.214. The summed E-state index contributed by atoms with van der Waals surface area (Å²) in [5.41, 5.74) is 8.70. The van der Waals surface area contributed by atoms with Gasteiger partial charge in [0.25, 0.3) is 0 Å². The molecule has 350 valence electrons. The van der Waals surface area contributed by atoms with E-state index >= 15 is 0 Å². The number of aromatic nitrogens is 6. The van der Waals surface area contributed by atoms with Gasteiger partial charge in [-0.2, -0.15) is 0 Å². The highest BCUT2D eigenvalue weighted by atomic mass is 16.2. The molecule has 2 fully saturated rings. The first-order valence-corrected chi connectivity index (χ1v) is 23.7. The molecule has 0 radical (unpaired) electrons. The smallest absolute Gasteiger partial charge is 0.250 e. The summed E-state index contributed by atoms with van der Waals surface area (Å²) in [6.07, 6.45) is 13.7. The van der Waals surface area contributed by atoms with Gasteiger partial charge in [0.1, 0.15) is 23.7 Å². The lowest BCUT2D eigenvalue weighted by atomic mass is 10.0. The summed E-state index contributed by atoms with van der Waals surface area (Å²) in [6, 6.07) is 40.4. The number of H-pyrrole nitrogens is 2. The number of amides is 4. The molecule has 10 rings (SSSR count). The van der Waals surface area contributed by atoms with Crippen molar-refractivity contribution >= 4 is 23.6 Å². The minimum absolute atomic E-state index is 0.119. The van der Waals surface area contributed by atoms with E-state index in [9.17, 15) is 19.2 Å². The van der Waals surface area contributed by atoms with Crippen LogP contribution in [-0.2, 0) is 32.0 Å². The van der Waals surface area contributed by atoms with E-state index in [4.69, 9.17) is 9.97 Å². The third-order valence-corrected chi connectivity index (χ3v) is 13.2. The van der Waals surface area contributed by atoms with Crippen molar-refractivity contribution in [2.24, 2.45) is 0 Å². The Balaban J connectivity index is 0.787. The van der Waals surface area contributed by atoms with E-state index in [0.29, 0.717) is 24.7 Å². The molecule has 4 amide bonds. The van der Waals surface area contributed by atoms with Crippen molar-refractivity contribution in [1.82, 2.24) is 50.3 Å². The van der Waals surface area contributed by atoms with Crippen molar-refractivity contribution in [3.63, 3.8) is 0 Å². The first-order chi connectivity index (χ1) is 34.3. The zero-order chi connectivity index (χ0) is 47.8. The van der Waals surface area contributed by atoms with Gasteiger partial charge in [0.05, 0.1) is 48.7 Å². The van der Waals surface area contributed by atoms with Crippen LogP contribution in [0.4, 0.5) is 0 Å². The number of rotatable bonds is 15. The number of imidazole rings is 2. The Hall–Kier alpha value is -8.52. The SMILES string of the molecule is O=C(Cc1cccnc1)N[C@@H](C(=O)N1CCCC1c1ncc(-c2ccc(-c3ccc(-c4cnc(C5CCCN5C(=O)[C@H](NC(=O)Cc5cccnc5)c5ccccc5)[nH]4)cc3)cc2)[nH]1)c1ccccc1. The van der Waals surface area contributed by atoms with E-state index in [0.717, 1.165) is 81.6 Å². The lowest BCUT2D eigenvalue weighted by molar-refractivity contribution is -0.137. The largest absolute Gasteiger partial charge is 0.340 e. The lowest BCUT2D eigenvalue weighted by Crippen LogP contribution is -2.43. The van der Waals surface area contributed by atoms with Gasteiger partial charge in [0, 0.05) is 37.9 Å². The number of hydrogen-bond acceptors (Lipinski definition) is 8. The van der Waals surface area contributed by atoms with Crippen LogP contribution in [0, 0.1) is 0 Å². The number of likely N-dealkylation sites (tertiary alicyclic amines) is 2. The quantitative estimate of drug-likeness (QED) is 0.0790. The summed E-state index contributed by atoms with van der Waals surface area (Å²) < 4.78 is 0. The average Bonchev–Trinajstić information content (AvgIpc) is 4.27. The normalized spacial score (nSPS) is 16.4. The van der Waals surface area contributed by atoms with Crippen molar-refractivity contribution in [1.29, 1.82) is 0 Å². The molecule has 0 spiro atoms. The van der Waals surface area contributed by atoms with Gasteiger partial charge in [0.15, 0.2) is 0 Å². The summed E-state index contributed by atoms with van der Waals surface area (Å²) in [6.45, 7) is 1.12. The number of nitrogens with zero attached hydrogens (tertiary/aromatic N) is 6. The van der Waals surface area contributed by atoms with E-state index < -0.39 is 12.1 Å². The third kappa shape index (κ3) is 10.2. The molecule has 8 aromatic rings. The Morgan fingerprint density at radius 1 is 0.500 bits per heavy atom.